The van der Waals surface area contributed by atoms with Crippen molar-refractivity contribution < 1.29 is 4.74 Å². The van der Waals surface area contributed by atoms with Crippen LogP contribution in [-0.4, -0.2) is 31.1 Å². The lowest BCUT2D eigenvalue weighted by atomic mass is 10.2. The molecule has 0 amide bonds. The van der Waals surface area contributed by atoms with E-state index in [-0.39, 0.29) is 0 Å². The Hall–Kier alpha value is -1.02. The number of hydrogen-bond acceptors (Lipinski definition) is 2. The fourth-order valence-electron chi connectivity index (χ4n) is 1.99. The first-order chi connectivity index (χ1) is 8.86. The molecule has 0 saturated heterocycles. The smallest absolute Gasteiger partial charge is 0.119 e. The highest BCUT2D eigenvalue weighted by Gasteiger charge is 1.98. The lowest BCUT2D eigenvalue weighted by Gasteiger charge is -2.17. The van der Waals surface area contributed by atoms with Gasteiger partial charge >= 0.3 is 0 Å². The highest BCUT2D eigenvalue weighted by molar-refractivity contribution is 5.20. The van der Waals surface area contributed by atoms with Crippen LogP contribution in [0.4, 0.5) is 0 Å². The van der Waals surface area contributed by atoms with Crippen LogP contribution in [0.25, 0.3) is 0 Å². The van der Waals surface area contributed by atoms with Crippen LogP contribution >= 0.6 is 0 Å². The molecule has 0 fully saturated rings. The SMILES string of the molecule is CCN(CC)CCCCCCOc1cc[c]cc1. The maximum absolute atomic E-state index is 5.65. The molecule has 0 bridgehead atoms. The second kappa shape index (κ2) is 9.95. The number of benzene rings is 1. The molecule has 1 rings (SSSR count). The minimum atomic E-state index is 0.829. The summed E-state index contributed by atoms with van der Waals surface area (Å²) in [5, 5.41) is 0. The number of ether oxygens (including phenoxy) is 1. The molecule has 0 aromatic heterocycles. The van der Waals surface area contributed by atoms with Gasteiger partial charge in [0.25, 0.3) is 0 Å². The second-order valence-corrected chi connectivity index (χ2v) is 4.53. The third-order valence-electron chi connectivity index (χ3n) is 3.22. The Morgan fingerprint density at radius 3 is 2.33 bits per heavy atom. The van der Waals surface area contributed by atoms with E-state index >= 15 is 0 Å². The van der Waals surface area contributed by atoms with Crippen LogP contribution in [-0.2, 0) is 0 Å². The Morgan fingerprint density at radius 2 is 1.67 bits per heavy atom. The van der Waals surface area contributed by atoms with Crippen LogP contribution in [0.1, 0.15) is 39.5 Å². The average molecular weight is 248 g/mol. The Labute approximate surface area is 112 Å². The van der Waals surface area contributed by atoms with Gasteiger partial charge < -0.3 is 9.64 Å². The Morgan fingerprint density at radius 1 is 1.00 bits per heavy atom. The van der Waals surface area contributed by atoms with Gasteiger partial charge in [-0.05, 0) is 50.7 Å². The van der Waals surface area contributed by atoms with Crippen LogP contribution in [0, 0.1) is 6.07 Å². The molecular formula is C16H26NO. The summed E-state index contributed by atoms with van der Waals surface area (Å²) in [6.07, 6.45) is 5.03. The highest BCUT2D eigenvalue weighted by Crippen LogP contribution is 2.09. The average Bonchev–Trinajstić information content (AvgIpc) is 2.43. The summed E-state index contributed by atoms with van der Waals surface area (Å²) in [5.74, 6) is 0.955. The van der Waals surface area contributed by atoms with Crippen molar-refractivity contribution in [3.8, 4) is 5.75 Å². The number of hydrogen-bond donors (Lipinski definition) is 0. The molecule has 0 saturated carbocycles. The van der Waals surface area contributed by atoms with Gasteiger partial charge in [-0.25, -0.2) is 0 Å². The van der Waals surface area contributed by atoms with Gasteiger partial charge in [0.1, 0.15) is 5.75 Å². The molecule has 0 aliphatic heterocycles. The van der Waals surface area contributed by atoms with Gasteiger partial charge in [0.05, 0.1) is 6.61 Å². The minimum Gasteiger partial charge on any atom is -0.494 e. The molecule has 0 aliphatic rings. The Balaban J connectivity index is 1.93. The van der Waals surface area contributed by atoms with Crippen molar-refractivity contribution in [2.24, 2.45) is 0 Å². The molecule has 0 N–H and O–H groups in total. The summed E-state index contributed by atoms with van der Waals surface area (Å²) in [6.45, 7) is 8.87. The van der Waals surface area contributed by atoms with Gasteiger partial charge in [0.15, 0.2) is 0 Å². The molecule has 18 heavy (non-hydrogen) atoms. The zero-order valence-corrected chi connectivity index (χ0v) is 11.8. The van der Waals surface area contributed by atoms with Crippen molar-refractivity contribution in [1.82, 2.24) is 4.90 Å². The quantitative estimate of drug-likeness (QED) is 0.584. The van der Waals surface area contributed by atoms with Gasteiger partial charge in [-0.15, -0.1) is 0 Å². The predicted molar refractivity (Wildman–Crippen MR) is 77.0 cm³/mol. The maximum atomic E-state index is 5.65. The summed E-state index contributed by atoms with van der Waals surface area (Å²) in [6, 6.07) is 10.7. The third-order valence-corrected chi connectivity index (χ3v) is 3.22. The van der Waals surface area contributed by atoms with Gasteiger partial charge in [-0.1, -0.05) is 38.8 Å². The standard InChI is InChI=1S/C16H26NO/c1-3-17(4-2)14-10-5-6-11-15-18-16-12-8-7-9-13-16/h8-9,12-13H,3-6,10-11,14-15H2,1-2H3. The van der Waals surface area contributed by atoms with E-state index in [0.29, 0.717) is 0 Å². The maximum Gasteiger partial charge on any atom is 0.119 e. The summed E-state index contributed by atoms with van der Waals surface area (Å²) >= 11 is 0. The summed E-state index contributed by atoms with van der Waals surface area (Å²) in [4.78, 5) is 2.48. The van der Waals surface area contributed by atoms with Gasteiger partial charge in [-0.3, -0.25) is 0 Å². The van der Waals surface area contributed by atoms with Crippen LogP contribution < -0.4 is 4.74 Å². The van der Waals surface area contributed by atoms with E-state index in [1.165, 1.54) is 38.9 Å². The van der Waals surface area contributed by atoms with E-state index in [0.717, 1.165) is 18.8 Å². The molecule has 1 aromatic rings. The van der Waals surface area contributed by atoms with Crippen LogP contribution in [0.3, 0.4) is 0 Å². The third kappa shape index (κ3) is 6.65. The zero-order chi connectivity index (χ0) is 13.1. The summed E-state index contributed by atoms with van der Waals surface area (Å²) in [5.41, 5.74) is 0. The molecule has 1 aromatic carbocycles. The summed E-state index contributed by atoms with van der Waals surface area (Å²) < 4.78 is 5.65. The lowest BCUT2D eigenvalue weighted by molar-refractivity contribution is 0.284. The molecule has 0 aliphatic carbocycles. The van der Waals surface area contributed by atoms with Crippen LogP contribution in [0.5, 0.6) is 5.75 Å². The fourth-order valence-corrected chi connectivity index (χ4v) is 1.99. The van der Waals surface area contributed by atoms with E-state index in [2.05, 4.69) is 24.8 Å². The molecule has 2 heteroatoms. The van der Waals surface area contributed by atoms with Gasteiger partial charge in [0, 0.05) is 0 Å². The van der Waals surface area contributed by atoms with Crippen LogP contribution in [0.2, 0.25) is 0 Å². The molecule has 0 spiro atoms. The Bertz CT molecular complexity index is 282. The normalized spacial score (nSPS) is 10.8. The number of unbranched alkanes of at least 4 members (excludes halogenated alkanes) is 3. The van der Waals surface area contributed by atoms with Crippen molar-refractivity contribution in [3.63, 3.8) is 0 Å². The predicted octanol–water partition coefficient (Wildman–Crippen LogP) is 3.77. The van der Waals surface area contributed by atoms with Crippen molar-refractivity contribution in [2.45, 2.75) is 39.5 Å². The van der Waals surface area contributed by atoms with Gasteiger partial charge in [0.2, 0.25) is 0 Å². The van der Waals surface area contributed by atoms with Crippen molar-refractivity contribution >= 4 is 0 Å². The Kier molecular flexibility index (Phi) is 8.32. The van der Waals surface area contributed by atoms with E-state index < -0.39 is 0 Å². The minimum absolute atomic E-state index is 0.829. The van der Waals surface area contributed by atoms with E-state index in [1.807, 2.05) is 24.3 Å². The molecule has 1 radical (unpaired) electrons. The largest absolute Gasteiger partial charge is 0.494 e. The van der Waals surface area contributed by atoms with Crippen LogP contribution in [0.15, 0.2) is 24.3 Å². The topological polar surface area (TPSA) is 12.5 Å². The second-order valence-electron chi connectivity index (χ2n) is 4.53. The first-order valence-corrected chi connectivity index (χ1v) is 7.18. The van der Waals surface area contributed by atoms with E-state index in [4.69, 9.17) is 4.74 Å². The molecule has 0 atom stereocenters. The monoisotopic (exact) mass is 248 g/mol. The van der Waals surface area contributed by atoms with E-state index in [9.17, 15) is 0 Å². The molecule has 0 unspecified atom stereocenters. The highest BCUT2D eigenvalue weighted by atomic mass is 16.5. The number of rotatable bonds is 10. The lowest BCUT2D eigenvalue weighted by Crippen LogP contribution is -2.23. The molecule has 0 heterocycles. The van der Waals surface area contributed by atoms with E-state index in [1.54, 1.807) is 0 Å². The number of nitrogens with zero attached hydrogens (tertiary/aromatic N) is 1. The summed E-state index contributed by atoms with van der Waals surface area (Å²) in [7, 11) is 0. The van der Waals surface area contributed by atoms with Gasteiger partial charge in [-0.2, -0.15) is 0 Å². The van der Waals surface area contributed by atoms with Crippen molar-refractivity contribution in [3.05, 3.63) is 30.3 Å². The molecule has 101 valence electrons. The fraction of sp³-hybridized carbons (Fsp3) is 0.625. The first-order valence-electron chi connectivity index (χ1n) is 7.18. The van der Waals surface area contributed by atoms with Crippen molar-refractivity contribution in [1.29, 1.82) is 0 Å². The molecular weight excluding hydrogens is 222 g/mol. The zero-order valence-electron chi connectivity index (χ0n) is 11.8. The van der Waals surface area contributed by atoms with Crippen molar-refractivity contribution in [2.75, 3.05) is 26.2 Å². The first kappa shape index (κ1) is 15.0. The molecule has 2 nitrogen and oxygen atoms in total.